The van der Waals surface area contributed by atoms with E-state index >= 15 is 0 Å². The number of halogens is 2. The van der Waals surface area contributed by atoms with Crippen molar-refractivity contribution >= 4 is 24.3 Å². The van der Waals surface area contributed by atoms with Gasteiger partial charge in [-0.2, -0.15) is 11.3 Å². The fraction of sp³-hybridized carbons (Fsp3) is 0.0769. The first-order chi connectivity index (χ1) is 9.27. The first-order valence-corrected chi connectivity index (χ1v) is 6.84. The summed E-state index contributed by atoms with van der Waals surface area (Å²) in [5.74, 6) is 0. The lowest BCUT2D eigenvalue weighted by atomic mass is 10.0. The lowest BCUT2D eigenvalue weighted by Gasteiger charge is -2.13. The topological polar surface area (TPSA) is 17.0 Å². The highest BCUT2D eigenvalue weighted by Crippen LogP contribution is 2.30. The first-order valence-electron chi connectivity index (χ1n) is 5.90. The molecule has 0 bridgehead atoms. The van der Waals surface area contributed by atoms with Crippen LogP contribution in [0.3, 0.4) is 0 Å². The Balaban J connectivity index is 2.18. The monoisotopic (exact) mass is 276 g/mol. The first kappa shape index (κ1) is 12.2. The highest BCUT2D eigenvalue weighted by molar-refractivity contribution is 7.08. The summed E-state index contributed by atoms with van der Waals surface area (Å²) in [4.78, 5) is 0. The summed E-state index contributed by atoms with van der Waals surface area (Å²) < 4.78 is 27.1. The molecule has 19 heavy (non-hydrogen) atoms. The molecule has 0 amide bonds. The van der Waals surface area contributed by atoms with E-state index in [1.807, 2.05) is 29.0 Å². The summed E-state index contributed by atoms with van der Waals surface area (Å²) in [7, 11) is -2.54. The lowest BCUT2D eigenvalue weighted by Crippen LogP contribution is -2.17. The van der Waals surface area contributed by atoms with Gasteiger partial charge in [-0.1, -0.05) is 6.08 Å². The number of allylic oxidation sites excluding steroid dienone is 1. The zero-order valence-electron chi connectivity index (χ0n) is 10.0. The second-order valence-corrected chi connectivity index (χ2v) is 4.94. The van der Waals surface area contributed by atoms with Gasteiger partial charge in [0.15, 0.2) is 0 Å². The average Bonchev–Trinajstić information content (AvgIpc) is 3.12. The van der Waals surface area contributed by atoms with Crippen LogP contribution in [0.15, 0.2) is 53.0 Å². The number of thiophene rings is 1. The Kier molecular flexibility index (Phi) is 3.25. The minimum atomic E-state index is -2.54. The van der Waals surface area contributed by atoms with Crippen LogP contribution in [0.4, 0.5) is 8.63 Å². The summed E-state index contributed by atoms with van der Waals surface area (Å²) in [5.41, 5.74) is 3.20. The standard InChI is InChI=1S/C13H11BF2N2S/c15-14(16)18-7-2-4-12(18)13(10-5-8-19-9-10)11-3-1-6-17-11/h1-5,7-9,17H,6H2/b13-11-. The van der Waals surface area contributed by atoms with Crippen molar-refractivity contribution in [3.8, 4) is 0 Å². The molecule has 6 heteroatoms. The predicted molar refractivity (Wildman–Crippen MR) is 75.3 cm³/mol. The molecule has 1 aliphatic heterocycles. The van der Waals surface area contributed by atoms with Crippen LogP contribution < -0.4 is 5.32 Å². The third-order valence-electron chi connectivity index (χ3n) is 3.02. The van der Waals surface area contributed by atoms with Crippen molar-refractivity contribution < 1.29 is 8.63 Å². The molecule has 1 N–H and O–H groups in total. The number of nitrogens with one attached hydrogen (secondary N) is 1. The van der Waals surface area contributed by atoms with E-state index in [0.717, 1.165) is 27.9 Å². The molecule has 3 heterocycles. The maximum absolute atomic E-state index is 13.1. The molecule has 0 atom stereocenters. The summed E-state index contributed by atoms with van der Waals surface area (Å²) in [5, 5.41) is 7.13. The SMILES string of the molecule is FB(F)n1cccc1/C(=C1/C=CCN1)c1ccsc1. The van der Waals surface area contributed by atoms with Gasteiger partial charge in [-0.15, -0.1) is 0 Å². The molecule has 96 valence electrons. The van der Waals surface area contributed by atoms with Crippen molar-refractivity contribution in [2.75, 3.05) is 6.54 Å². The van der Waals surface area contributed by atoms with Crippen LogP contribution in [-0.4, -0.2) is 18.4 Å². The Bertz CT molecular complexity index is 629. The van der Waals surface area contributed by atoms with Crippen molar-refractivity contribution in [3.63, 3.8) is 0 Å². The number of hydrogen-bond acceptors (Lipinski definition) is 2. The highest BCUT2D eigenvalue weighted by atomic mass is 32.1. The molecule has 2 aromatic heterocycles. The van der Waals surface area contributed by atoms with Gasteiger partial charge in [-0.3, -0.25) is 8.63 Å². The molecule has 0 unspecified atom stereocenters. The maximum Gasteiger partial charge on any atom is 0.677 e. The summed E-state index contributed by atoms with van der Waals surface area (Å²) >= 11 is 1.56. The Morgan fingerprint density at radius 2 is 2.26 bits per heavy atom. The molecule has 1 aliphatic rings. The second kappa shape index (κ2) is 5.05. The van der Waals surface area contributed by atoms with Gasteiger partial charge in [0.05, 0.1) is 0 Å². The van der Waals surface area contributed by atoms with E-state index in [2.05, 4.69) is 5.32 Å². The number of rotatable bonds is 3. The molecular formula is C13H11BF2N2S. The van der Waals surface area contributed by atoms with Gasteiger partial charge in [-0.05, 0) is 46.8 Å². The van der Waals surface area contributed by atoms with Crippen LogP contribution in [0.25, 0.3) is 5.57 Å². The number of aromatic nitrogens is 1. The Morgan fingerprint density at radius 1 is 1.37 bits per heavy atom. The fourth-order valence-electron chi connectivity index (χ4n) is 2.20. The van der Waals surface area contributed by atoms with Gasteiger partial charge in [0, 0.05) is 23.5 Å². The summed E-state index contributed by atoms with van der Waals surface area (Å²) in [6.07, 6.45) is 5.33. The van der Waals surface area contributed by atoms with Gasteiger partial charge in [-0.25, -0.2) is 0 Å². The van der Waals surface area contributed by atoms with Crippen molar-refractivity contribution in [2.24, 2.45) is 0 Å². The molecule has 0 fully saturated rings. The van der Waals surface area contributed by atoms with Gasteiger partial charge >= 0.3 is 7.40 Å². The van der Waals surface area contributed by atoms with Gasteiger partial charge in [0.2, 0.25) is 0 Å². The molecule has 0 radical (unpaired) electrons. The van der Waals surface area contributed by atoms with Gasteiger partial charge < -0.3 is 9.79 Å². The molecule has 0 saturated heterocycles. The number of hydrogen-bond donors (Lipinski definition) is 1. The van der Waals surface area contributed by atoms with Crippen LogP contribution in [0.5, 0.6) is 0 Å². The molecule has 3 rings (SSSR count). The normalized spacial score (nSPS) is 16.5. The number of nitrogens with zero attached hydrogens (tertiary/aromatic N) is 1. The smallest absolute Gasteiger partial charge is 0.381 e. The minimum absolute atomic E-state index is 0.530. The van der Waals surface area contributed by atoms with E-state index in [9.17, 15) is 8.63 Å². The summed E-state index contributed by atoms with van der Waals surface area (Å²) in [6, 6.07) is 5.32. The predicted octanol–water partition coefficient (Wildman–Crippen LogP) is 3.24. The maximum atomic E-state index is 13.1. The molecule has 0 aliphatic carbocycles. The van der Waals surface area contributed by atoms with Crippen LogP contribution in [0, 0.1) is 0 Å². The Morgan fingerprint density at radius 3 is 2.89 bits per heavy atom. The van der Waals surface area contributed by atoms with E-state index in [-0.39, 0.29) is 0 Å². The van der Waals surface area contributed by atoms with Crippen molar-refractivity contribution in [2.45, 2.75) is 0 Å². The summed E-state index contributed by atoms with van der Waals surface area (Å²) in [6.45, 7) is 0.734. The van der Waals surface area contributed by atoms with E-state index in [1.54, 1.807) is 23.5 Å². The van der Waals surface area contributed by atoms with Gasteiger partial charge in [0.1, 0.15) is 0 Å². The van der Waals surface area contributed by atoms with Crippen molar-refractivity contribution in [1.29, 1.82) is 0 Å². The minimum Gasteiger partial charge on any atom is -0.381 e. The molecule has 0 spiro atoms. The van der Waals surface area contributed by atoms with Crippen LogP contribution in [0.1, 0.15) is 11.3 Å². The van der Waals surface area contributed by atoms with E-state index in [0.29, 0.717) is 5.69 Å². The third-order valence-corrected chi connectivity index (χ3v) is 3.70. The molecule has 2 aromatic rings. The molecule has 2 nitrogen and oxygen atoms in total. The van der Waals surface area contributed by atoms with Crippen LogP contribution in [-0.2, 0) is 0 Å². The zero-order valence-corrected chi connectivity index (χ0v) is 10.8. The fourth-order valence-corrected chi connectivity index (χ4v) is 2.85. The highest BCUT2D eigenvalue weighted by Gasteiger charge is 2.23. The quantitative estimate of drug-likeness (QED) is 0.851. The van der Waals surface area contributed by atoms with Crippen LogP contribution in [0.2, 0.25) is 0 Å². The lowest BCUT2D eigenvalue weighted by molar-refractivity contribution is 0.628. The van der Waals surface area contributed by atoms with Gasteiger partial charge in [0.25, 0.3) is 0 Å². The zero-order chi connectivity index (χ0) is 13.2. The third kappa shape index (κ3) is 2.23. The van der Waals surface area contributed by atoms with Crippen molar-refractivity contribution in [1.82, 2.24) is 9.79 Å². The van der Waals surface area contributed by atoms with E-state index in [4.69, 9.17) is 0 Å². The average molecular weight is 276 g/mol. The molecule has 0 saturated carbocycles. The second-order valence-electron chi connectivity index (χ2n) is 4.16. The molecule has 0 aromatic carbocycles. The van der Waals surface area contributed by atoms with E-state index < -0.39 is 7.40 Å². The Hall–Kier alpha value is -1.82. The van der Waals surface area contributed by atoms with Crippen LogP contribution >= 0.6 is 11.3 Å². The largest absolute Gasteiger partial charge is 0.677 e. The Labute approximate surface area is 114 Å². The van der Waals surface area contributed by atoms with Crippen molar-refractivity contribution in [3.05, 3.63) is 64.3 Å². The molecular weight excluding hydrogens is 265 g/mol. The van der Waals surface area contributed by atoms with E-state index in [1.165, 1.54) is 6.20 Å².